The van der Waals surface area contributed by atoms with Gasteiger partial charge in [-0.2, -0.15) is 0 Å². The first-order valence-electron chi connectivity index (χ1n) is 12.7. The molecule has 0 spiro atoms. The highest BCUT2D eigenvalue weighted by atomic mass is 32.1. The summed E-state index contributed by atoms with van der Waals surface area (Å²) in [6.07, 6.45) is 10.3. The fourth-order valence-electron chi connectivity index (χ4n) is 7.80. The SMILES string of the molecule is COc1cccc(CNc2nc3c(s2)CC2C4CC=C5C[C@@H](O)CC[C@]5(C)C4CC[C@]32C)c1. The van der Waals surface area contributed by atoms with Crippen LogP contribution in [-0.2, 0) is 18.4 Å². The molecule has 2 saturated carbocycles. The third kappa shape index (κ3) is 3.37. The van der Waals surface area contributed by atoms with Crippen molar-refractivity contribution < 1.29 is 9.84 Å². The van der Waals surface area contributed by atoms with E-state index in [1.54, 1.807) is 12.7 Å². The zero-order valence-electron chi connectivity index (χ0n) is 20.1. The number of hydrogen-bond donors (Lipinski definition) is 2. The van der Waals surface area contributed by atoms with Crippen LogP contribution in [0.5, 0.6) is 5.75 Å². The topological polar surface area (TPSA) is 54.4 Å². The standard InChI is InChI=1S/C28H36N2O2S/c1-27-11-9-19(31)14-18(27)7-8-21-22(27)10-12-28(2)23(21)15-24-25(28)30-26(33-24)29-16-17-5-4-6-20(13-17)32-3/h4-7,13,19,21-23,31H,8-12,14-16H2,1-3H3,(H,29,30)/t19-,21?,22?,23?,27-,28-/m0/s1. The summed E-state index contributed by atoms with van der Waals surface area (Å²) in [6, 6.07) is 8.24. The summed E-state index contributed by atoms with van der Waals surface area (Å²) in [5, 5.41) is 14.9. The zero-order valence-corrected chi connectivity index (χ0v) is 20.9. The molecule has 1 aromatic carbocycles. The Hall–Kier alpha value is -1.85. The van der Waals surface area contributed by atoms with E-state index in [9.17, 15) is 5.11 Å². The van der Waals surface area contributed by atoms with Crippen LogP contribution in [0.25, 0.3) is 0 Å². The Balaban J connectivity index is 1.21. The molecule has 4 nitrogen and oxygen atoms in total. The van der Waals surface area contributed by atoms with E-state index in [-0.39, 0.29) is 11.5 Å². The van der Waals surface area contributed by atoms with E-state index in [1.807, 2.05) is 23.5 Å². The number of aromatic nitrogens is 1. The molecule has 2 fully saturated rings. The van der Waals surface area contributed by atoms with Crippen molar-refractivity contribution in [2.24, 2.45) is 23.2 Å². The van der Waals surface area contributed by atoms with E-state index in [2.05, 4.69) is 37.4 Å². The second-order valence-corrected chi connectivity index (χ2v) is 12.4. The monoisotopic (exact) mass is 464 g/mol. The van der Waals surface area contributed by atoms with Gasteiger partial charge in [0.05, 0.1) is 18.9 Å². The Labute approximate surface area is 201 Å². The minimum Gasteiger partial charge on any atom is -0.497 e. The van der Waals surface area contributed by atoms with Crippen LogP contribution in [0.1, 0.15) is 68.5 Å². The van der Waals surface area contributed by atoms with Crippen LogP contribution in [0.3, 0.4) is 0 Å². The molecule has 0 amide bonds. The fourth-order valence-corrected chi connectivity index (χ4v) is 8.96. The third-order valence-electron chi connectivity index (χ3n) is 9.69. The molecule has 33 heavy (non-hydrogen) atoms. The van der Waals surface area contributed by atoms with Gasteiger partial charge >= 0.3 is 0 Å². The number of fused-ring (bicyclic) bond motifs is 7. The number of rotatable bonds is 4. The molecular formula is C28H36N2O2S. The van der Waals surface area contributed by atoms with Gasteiger partial charge in [0, 0.05) is 16.8 Å². The number of allylic oxidation sites excluding steroid dienone is 1. The number of nitrogens with zero attached hydrogens (tertiary/aromatic N) is 1. The minimum absolute atomic E-state index is 0.125. The molecule has 0 bridgehead atoms. The molecule has 2 N–H and O–H groups in total. The number of aliphatic hydroxyl groups is 1. The predicted molar refractivity (Wildman–Crippen MR) is 134 cm³/mol. The van der Waals surface area contributed by atoms with Crippen LogP contribution >= 0.6 is 11.3 Å². The Morgan fingerprint density at radius 3 is 2.85 bits per heavy atom. The maximum absolute atomic E-state index is 10.2. The van der Waals surface area contributed by atoms with Crippen molar-refractivity contribution in [2.45, 2.75) is 76.9 Å². The molecule has 1 aromatic heterocycles. The molecule has 1 heterocycles. The molecule has 6 rings (SSSR count). The molecule has 0 saturated heterocycles. The van der Waals surface area contributed by atoms with Crippen molar-refractivity contribution in [1.29, 1.82) is 0 Å². The van der Waals surface area contributed by atoms with Gasteiger partial charge in [-0.25, -0.2) is 4.98 Å². The van der Waals surface area contributed by atoms with E-state index in [1.165, 1.54) is 41.8 Å². The summed E-state index contributed by atoms with van der Waals surface area (Å²) in [5.41, 5.74) is 4.66. The fraction of sp³-hybridized carbons (Fsp3) is 0.607. The van der Waals surface area contributed by atoms with Gasteiger partial charge in [-0.15, -0.1) is 11.3 Å². The van der Waals surface area contributed by atoms with Gasteiger partial charge in [-0.3, -0.25) is 0 Å². The Bertz CT molecular complexity index is 1090. The molecule has 0 radical (unpaired) electrons. The molecule has 5 heteroatoms. The summed E-state index contributed by atoms with van der Waals surface area (Å²) >= 11 is 1.88. The second-order valence-electron chi connectivity index (χ2n) is 11.3. The van der Waals surface area contributed by atoms with Crippen molar-refractivity contribution in [1.82, 2.24) is 4.98 Å². The van der Waals surface area contributed by atoms with E-state index < -0.39 is 0 Å². The zero-order chi connectivity index (χ0) is 22.8. The largest absolute Gasteiger partial charge is 0.497 e. The van der Waals surface area contributed by atoms with Gasteiger partial charge in [-0.05, 0) is 85.8 Å². The lowest BCUT2D eigenvalue weighted by atomic mass is 9.48. The number of ether oxygens (including phenoxy) is 1. The smallest absolute Gasteiger partial charge is 0.183 e. The van der Waals surface area contributed by atoms with Crippen molar-refractivity contribution in [2.75, 3.05) is 12.4 Å². The first kappa shape index (κ1) is 21.7. The highest BCUT2D eigenvalue weighted by Crippen LogP contribution is 2.64. The Morgan fingerprint density at radius 2 is 2.00 bits per heavy atom. The number of thiazole rings is 1. The molecule has 0 aliphatic heterocycles. The average molecular weight is 465 g/mol. The van der Waals surface area contributed by atoms with Gasteiger partial charge in [0.2, 0.25) is 0 Å². The molecular weight excluding hydrogens is 428 g/mol. The number of hydrogen-bond acceptors (Lipinski definition) is 5. The van der Waals surface area contributed by atoms with Crippen LogP contribution in [0.4, 0.5) is 5.13 Å². The molecule has 176 valence electrons. The van der Waals surface area contributed by atoms with Crippen LogP contribution in [0.15, 0.2) is 35.9 Å². The van der Waals surface area contributed by atoms with Gasteiger partial charge in [0.25, 0.3) is 0 Å². The quantitative estimate of drug-likeness (QED) is 0.537. The maximum atomic E-state index is 10.2. The minimum atomic E-state index is -0.125. The van der Waals surface area contributed by atoms with Crippen LogP contribution in [0, 0.1) is 23.2 Å². The molecule has 2 aromatic rings. The van der Waals surface area contributed by atoms with Crippen LogP contribution in [-0.4, -0.2) is 23.3 Å². The summed E-state index contributed by atoms with van der Waals surface area (Å²) < 4.78 is 5.36. The van der Waals surface area contributed by atoms with Crippen LogP contribution in [0.2, 0.25) is 0 Å². The molecule has 4 aliphatic rings. The first-order valence-corrected chi connectivity index (χ1v) is 13.5. The van der Waals surface area contributed by atoms with Gasteiger partial charge in [0.15, 0.2) is 5.13 Å². The van der Waals surface area contributed by atoms with E-state index in [0.717, 1.165) is 48.5 Å². The lowest BCUT2D eigenvalue weighted by molar-refractivity contribution is -0.0169. The Kier molecular flexibility index (Phi) is 5.15. The summed E-state index contributed by atoms with van der Waals surface area (Å²) in [4.78, 5) is 6.69. The van der Waals surface area contributed by atoms with Crippen molar-refractivity contribution in [3.8, 4) is 5.75 Å². The first-order chi connectivity index (χ1) is 15.9. The summed E-state index contributed by atoms with van der Waals surface area (Å²) in [5.74, 6) is 3.12. The number of aliphatic hydroxyl groups excluding tert-OH is 1. The number of methoxy groups -OCH3 is 1. The van der Waals surface area contributed by atoms with Gasteiger partial charge in [-0.1, -0.05) is 37.6 Å². The van der Waals surface area contributed by atoms with Gasteiger partial charge in [0.1, 0.15) is 5.75 Å². The van der Waals surface area contributed by atoms with E-state index in [0.29, 0.717) is 11.3 Å². The van der Waals surface area contributed by atoms with Gasteiger partial charge < -0.3 is 15.2 Å². The Morgan fingerprint density at radius 1 is 1.15 bits per heavy atom. The average Bonchev–Trinajstić information content (AvgIpc) is 3.35. The van der Waals surface area contributed by atoms with E-state index >= 15 is 0 Å². The second kappa shape index (κ2) is 7.84. The lowest BCUT2D eigenvalue weighted by Gasteiger charge is -2.57. The van der Waals surface area contributed by atoms with Crippen LogP contribution < -0.4 is 10.1 Å². The highest BCUT2D eigenvalue weighted by Gasteiger charge is 2.58. The normalized spacial score (nSPS) is 36.8. The molecule has 6 atom stereocenters. The number of anilines is 1. The molecule has 4 aliphatic carbocycles. The summed E-state index contributed by atoms with van der Waals surface area (Å²) in [7, 11) is 1.71. The lowest BCUT2D eigenvalue weighted by Crippen LogP contribution is -2.51. The number of benzene rings is 1. The predicted octanol–water partition coefficient (Wildman–Crippen LogP) is 6.10. The van der Waals surface area contributed by atoms with Crippen molar-refractivity contribution >= 4 is 16.5 Å². The molecule has 3 unspecified atom stereocenters. The van der Waals surface area contributed by atoms with E-state index in [4.69, 9.17) is 9.72 Å². The highest BCUT2D eigenvalue weighted by molar-refractivity contribution is 7.15. The van der Waals surface area contributed by atoms with Crippen molar-refractivity contribution in [3.05, 3.63) is 52.0 Å². The number of nitrogens with one attached hydrogen (secondary N) is 1. The summed E-state index contributed by atoms with van der Waals surface area (Å²) in [6.45, 7) is 5.78. The third-order valence-corrected chi connectivity index (χ3v) is 10.7. The maximum Gasteiger partial charge on any atom is 0.183 e. The van der Waals surface area contributed by atoms with Crippen molar-refractivity contribution in [3.63, 3.8) is 0 Å².